The van der Waals surface area contributed by atoms with Gasteiger partial charge in [0.15, 0.2) is 6.10 Å². The third kappa shape index (κ3) is 54.3. The van der Waals surface area contributed by atoms with E-state index in [0.717, 1.165) is 96.3 Å². The largest absolute Gasteiger partial charge is 0.756 e. The van der Waals surface area contributed by atoms with Crippen molar-refractivity contribution < 1.29 is 42.1 Å². The molecule has 0 bridgehead atoms. The zero-order valence-corrected chi connectivity index (χ0v) is 46.3. The van der Waals surface area contributed by atoms with E-state index in [1.807, 2.05) is 21.1 Å². The minimum absolute atomic E-state index is 0.0358. The summed E-state index contributed by atoms with van der Waals surface area (Å²) in [5, 5.41) is 0. The van der Waals surface area contributed by atoms with Crippen LogP contribution in [0.5, 0.6) is 0 Å². The average Bonchev–Trinajstić information content (AvgIpc) is 3.32. The van der Waals surface area contributed by atoms with Gasteiger partial charge in [0, 0.05) is 12.8 Å². The second kappa shape index (κ2) is 50.9. The van der Waals surface area contributed by atoms with Crippen LogP contribution >= 0.6 is 7.82 Å². The molecule has 402 valence electrons. The Hall–Kier alpha value is -3.07. The van der Waals surface area contributed by atoms with Crippen LogP contribution in [-0.4, -0.2) is 70.0 Å². The fraction of sp³-hybridized carbons (Fsp3) is 0.700. The van der Waals surface area contributed by atoms with Crippen molar-refractivity contribution in [3.63, 3.8) is 0 Å². The molecule has 10 heteroatoms. The first kappa shape index (κ1) is 66.9. The lowest BCUT2D eigenvalue weighted by Crippen LogP contribution is -2.37. The number of carbonyl (C=O) groups is 2. The van der Waals surface area contributed by atoms with E-state index in [1.165, 1.54) is 89.9 Å². The van der Waals surface area contributed by atoms with E-state index >= 15 is 0 Å². The lowest BCUT2D eigenvalue weighted by atomic mass is 10.0. The van der Waals surface area contributed by atoms with E-state index in [-0.39, 0.29) is 32.0 Å². The first-order valence-electron chi connectivity index (χ1n) is 27.9. The van der Waals surface area contributed by atoms with Crippen molar-refractivity contribution in [2.45, 2.75) is 225 Å². The second-order valence-corrected chi connectivity index (χ2v) is 21.0. The van der Waals surface area contributed by atoms with Gasteiger partial charge in [0.2, 0.25) is 0 Å². The van der Waals surface area contributed by atoms with E-state index in [1.54, 1.807) is 0 Å². The van der Waals surface area contributed by atoms with Crippen LogP contribution in [0.1, 0.15) is 219 Å². The van der Waals surface area contributed by atoms with Crippen molar-refractivity contribution in [1.82, 2.24) is 0 Å². The van der Waals surface area contributed by atoms with Gasteiger partial charge in [-0.3, -0.25) is 14.2 Å². The number of phosphoric acid groups is 1. The summed E-state index contributed by atoms with van der Waals surface area (Å²) in [5.74, 6) is -0.845. The fourth-order valence-corrected chi connectivity index (χ4v) is 8.05. The number of likely N-dealkylation sites (N-methyl/N-ethyl adjacent to an activating group) is 1. The van der Waals surface area contributed by atoms with Crippen LogP contribution in [-0.2, 0) is 32.7 Å². The molecular weight excluding hydrogens is 894 g/mol. The van der Waals surface area contributed by atoms with Crippen LogP contribution in [0.2, 0.25) is 0 Å². The first-order valence-corrected chi connectivity index (χ1v) is 29.4. The number of ether oxygens (including phenoxy) is 2. The van der Waals surface area contributed by atoms with Gasteiger partial charge >= 0.3 is 11.9 Å². The third-order valence-corrected chi connectivity index (χ3v) is 12.6. The van der Waals surface area contributed by atoms with Gasteiger partial charge in [-0.1, -0.05) is 227 Å². The topological polar surface area (TPSA) is 111 Å². The minimum atomic E-state index is -4.64. The summed E-state index contributed by atoms with van der Waals surface area (Å²) >= 11 is 0. The van der Waals surface area contributed by atoms with Gasteiger partial charge < -0.3 is 27.9 Å². The number of quaternary nitrogens is 1. The number of rotatable bonds is 50. The van der Waals surface area contributed by atoms with E-state index in [0.29, 0.717) is 17.4 Å². The summed E-state index contributed by atoms with van der Waals surface area (Å²) in [6, 6.07) is 0. The van der Waals surface area contributed by atoms with E-state index in [9.17, 15) is 19.0 Å². The molecule has 0 saturated carbocycles. The van der Waals surface area contributed by atoms with Crippen LogP contribution in [0, 0.1) is 0 Å². The highest BCUT2D eigenvalue weighted by molar-refractivity contribution is 7.45. The average molecular weight is 998 g/mol. The van der Waals surface area contributed by atoms with Crippen molar-refractivity contribution in [3.05, 3.63) is 97.2 Å². The molecule has 0 aliphatic heterocycles. The molecule has 70 heavy (non-hydrogen) atoms. The number of allylic oxidation sites excluding steroid dienone is 16. The Morgan fingerprint density at radius 1 is 0.457 bits per heavy atom. The fourth-order valence-electron chi connectivity index (χ4n) is 7.32. The maximum Gasteiger partial charge on any atom is 0.306 e. The number of hydrogen-bond donors (Lipinski definition) is 0. The minimum Gasteiger partial charge on any atom is -0.756 e. The number of phosphoric ester groups is 1. The van der Waals surface area contributed by atoms with Gasteiger partial charge in [-0.2, -0.15) is 0 Å². The molecule has 9 nitrogen and oxygen atoms in total. The molecule has 0 aliphatic carbocycles. The normalized spacial score (nSPS) is 14.1. The molecule has 0 saturated heterocycles. The molecule has 0 aromatic rings. The Bertz CT molecular complexity index is 1500. The van der Waals surface area contributed by atoms with Crippen LogP contribution in [0.15, 0.2) is 97.2 Å². The van der Waals surface area contributed by atoms with Crippen LogP contribution in [0.4, 0.5) is 0 Å². The molecule has 0 rings (SSSR count). The molecule has 0 amide bonds. The molecule has 0 heterocycles. The molecule has 0 aromatic carbocycles. The van der Waals surface area contributed by atoms with Crippen LogP contribution in [0.25, 0.3) is 0 Å². The molecule has 0 radical (unpaired) electrons. The van der Waals surface area contributed by atoms with Gasteiger partial charge in [0.05, 0.1) is 27.7 Å². The summed E-state index contributed by atoms with van der Waals surface area (Å²) in [6.45, 7) is 4.11. The Morgan fingerprint density at radius 2 is 0.814 bits per heavy atom. The summed E-state index contributed by atoms with van der Waals surface area (Å²) in [5.41, 5.74) is 0. The zero-order chi connectivity index (χ0) is 51.3. The summed E-state index contributed by atoms with van der Waals surface area (Å²) in [7, 11) is 1.15. The highest BCUT2D eigenvalue weighted by Gasteiger charge is 2.21. The number of unbranched alkanes of at least 4 members (excludes halogenated alkanes) is 20. The Balaban J connectivity index is 4.17. The molecule has 2 unspecified atom stereocenters. The number of nitrogens with zero attached hydrogens (tertiary/aromatic N) is 1. The lowest BCUT2D eigenvalue weighted by Gasteiger charge is -2.28. The molecule has 0 N–H and O–H groups in total. The maximum absolute atomic E-state index is 12.8. The van der Waals surface area contributed by atoms with Gasteiger partial charge in [-0.15, -0.1) is 0 Å². The molecule has 0 aliphatic rings. The van der Waals surface area contributed by atoms with Crippen LogP contribution in [0.3, 0.4) is 0 Å². The van der Waals surface area contributed by atoms with Crippen molar-refractivity contribution in [1.29, 1.82) is 0 Å². The van der Waals surface area contributed by atoms with Gasteiger partial charge in [0.1, 0.15) is 19.8 Å². The van der Waals surface area contributed by atoms with E-state index < -0.39 is 26.5 Å². The highest BCUT2D eigenvalue weighted by atomic mass is 31.2. The van der Waals surface area contributed by atoms with E-state index in [4.69, 9.17) is 18.5 Å². The molecule has 0 aromatic heterocycles. The van der Waals surface area contributed by atoms with Crippen molar-refractivity contribution in [3.8, 4) is 0 Å². The Labute approximate surface area is 430 Å². The van der Waals surface area contributed by atoms with Crippen molar-refractivity contribution >= 4 is 19.8 Å². The molecule has 0 spiro atoms. The molecule has 0 fully saturated rings. The second-order valence-electron chi connectivity index (χ2n) is 19.6. The van der Waals surface area contributed by atoms with E-state index in [2.05, 4.69) is 111 Å². The zero-order valence-electron chi connectivity index (χ0n) is 45.4. The summed E-state index contributed by atoms with van der Waals surface area (Å²) in [4.78, 5) is 37.7. The van der Waals surface area contributed by atoms with Gasteiger partial charge in [0.25, 0.3) is 7.82 Å². The highest BCUT2D eigenvalue weighted by Crippen LogP contribution is 2.38. The van der Waals surface area contributed by atoms with Gasteiger partial charge in [-0.05, 0) is 77.0 Å². The number of hydrogen-bond acceptors (Lipinski definition) is 8. The lowest BCUT2D eigenvalue weighted by molar-refractivity contribution is -0.870. The summed E-state index contributed by atoms with van der Waals surface area (Å²) < 4.78 is 34.1. The monoisotopic (exact) mass is 998 g/mol. The number of esters is 2. The standard InChI is InChI=1S/C60H104NO8P/c1-6-8-10-12-14-16-18-20-21-22-23-24-25-26-27-28-29-30-31-32-33-34-35-36-37-38-39-41-43-45-47-49-51-53-60(63)69-58(57-68-70(64,65)67-55-54-61(3,4)5)56-66-59(62)52-50-48-46-44-42-40-19-17-15-13-11-9-7-2/h8,10,14,16,20-21,23-24,26-27,29-30,32-33,35-36,58H,6-7,9,11-13,15,17-19,22,25,28,31,34,37-57H2,1-5H3/b10-8-,16-14-,21-20-,24-23-,27-26-,30-29-,33-32-,36-35-. The Kier molecular flexibility index (Phi) is 48.6. The predicted octanol–water partition coefficient (Wildman–Crippen LogP) is 16.6. The first-order chi connectivity index (χ1) is 34.0. The number of carbonyl (C=O) groups excluding carboxylic acids is 2. The molecular formula is C60H104NO8P. The predicted molar refractivity (Wildman–Crippen MR) is 295 cm³/mol. The SMILES string of the molecule is CC/C=C\C/C=C\C/C=C\C/C=C\C/C=C\C/C=C\C/C=C\C/C=C\CCCCCCCCCCC(=O)OC(COC(=O)CCCCCCCCCCCCCCC)COP(=O)([O-])OCC[N+](C)(C)C. The quantitative estimate of drug-likeness (QED) is 0.0195. The van der Waals surface area contributed by atoms with Crippen molar-refractivity contribution in [2.75, 3.05) is 47.5 Å². The summed E-state index contributed by atoms with van der Waals surface area (Å²) in [6.07, 6.45) is 68.8. The van der Waals surface area contributed by atoms with Crippen LogP contribution < -0.4 is 4.89 Å². The third-order valence-electron chi connectivity index (χ3n) is 11.6. The Morgan fingerprint density at radius 3 is 1.21 bits per heavy atom. The van der Waals surface area contributed by atoms with Gasteiger partial charge in [-0.25, -0.2) is 0 Å². The smallest absolute Gasteiger partial charge is 0.306 e. The maximum atomic E-state index is 12.8. The molecule has 2 atom stereocenters. The van der Waals surface area contributed by atoms with Crippen molar-refractivity contribution in [2.24, 2.45) is 0 Å².